The monoisotopic (exact) mass is 284 g/mol. The van der Waals surface area contributed by atoms with Crippen LogP contribution in [-0.2, 0) is 4.84 Å². The van der Waals surface area contributed by atoms with Gasteiger partial charge in [0.1, 0.15) is 0 Å². The number of nitrogens with one attached hydrogen (secondary N) is 2. The lowest BCUT2D eigenvalue weighted by atomic mass is 9.72. The van der Waals surface area contributed by atoms with E-state index in [4.69, 9.17) is 4.84 Å². The summed E-state index contributed by atoms with van der Waals surface area (Å²) in [7, 11) is 0. The van der Waals surface area contributed by atoms with Gasteiger partial charge < -0.3 is 10.4 Å². The topological polar surface area (TPSA) is 70.6 Å². The van der Waals surface area contributed by atoms with Gasteiger partial charge in [-0.15, -0.1) is 0 Å². The molecule has 0 bridgehead atoms. The van der Waals surface area contributed by atoms with Gasteiger partial charge in [0.15, 0.2) is 0 Å². The van der Waals surface area contributed by atoms with E-state index in [1.807, 2.05) is 0 Å². The van der Waals surface area contributed by atoms with E-state index >= 15 is 0 Å². The third-order valence-corrected chi connectivity index (χ3v) is 4.80. The lowest BCUT2D eigenvalue weighted by Gasteiger charge is -2.37. The SMILES string of the molecule is O=C(NCC1(CCO)CCCCC1)NOC1CCCC1. The summed E-state index contributed by atoms with van der Waals surface area (Å²) in [5.41, 5.74) is 2.59. The quantitative estimate of drug-likeness (QED) is 0.656. The molecule has 5 nitrogen and oxygen atoms in total. The molecule has 0 aromatic rings. The van der Waals surface area contributed by atoms with Crippen LogP contribution in [0.1, 0.15) is 64.2 Å². The second-order valence-electron chi connectivity index (χ2n) is 6.34. The van der Waals surface area contributed by atoms with Crippen LogP contribution in [-0.4, -0.2) is 30.4 Å². The third-order valence-electron chi connectivity index (χ3n) is 4.80. The van der Waals surface area contributed by atoms with Crippen molar-refractivity contribution in [2.24, 2.45) is 5.41 Å². The molecule has 20 heavy (non-hydrogen) atoms. The van der Waals surface area contributed by atoms with Crippen molar-refractivity contribution in [3.8, 4) is 0 Å². The zero-order chi connectivity index (χ0) is 14.3. The van der Waals surface area contributed by atoms with Crippen LogP contribution in [0.2, 0.25) is 0 Å². The van der Waals surface area contributed by atoms with Gasteiger partial charge in [-0.2, -0.15) is 0 Å². The van der Waals surface area contributed by atoms with Crippen molar-refractivity contribution in [1.82, 2.24) is 10.8 Å². The van der Waals surface area contributed by atoms with Crippen molar-refractivity contribution in [3.05, 3.63) is 0 Å². The molecule has 2 rings (SSSR count). The van der Waals surface area contributed by atoms with Crippen LogP contribution in [0.5, 0.6) is 0 Å². The molecule has 0 aromatic carbocycles. The minimum absolute atomic E-state index is 0.0811. The summed E-state index contributed by atoms with van der Waals surface area (Å²) in [5.74, 6) is 0. The Bertz CT molecular complexity index is 292. The molecule has 2 aliphatic rings. The number of hydrogen-bond acceptors (Lipinski definition) is 3. The summed E-state index contributed by atoms with van der Waals surface area (Å²) in [4.78, 5) is 17.2. The number of aliphatic hydroxyl groups is 1. The average molecular weight is 284 g/mol. The summed E-state index contributed by atoms with van der Waals surface area (Å²) in [5, 5.41) is 12.2. The lowest BCUT2D eigenvalue weighted by molar-refractivity contribution is -0.000904. The van der Waals surface area contributed by atoms with E-state index < -0.39 is 0 Å². The minimum Gasteiger partial charge on any atom is -0.396 e. The minimum atomic E-state index is -0.250. The first-order chi connectivity index (χ1) is 9.74. The number of hydrogen-bond donors (Lipinski definition) is 3. The van der Waals surface area contributed by atoms with Crippen LogP contribution in [0.15, 0.2) is 0 Å². The van der Waals surface area contributed by atoms with E-state index in [1.165, 1.54) is 32.1 Å². The highest BCUT2D eigenvalue weighted by atomic mass is 16.7. The van der Waals surface area contributed by atoms with Gasteiger partial charge in [0, 0.05) is 13.2 Å². The molecule has 2 amide bonds. The highest BCUT2D eigenvalue weighted by Gasteiger charge is 2.31. The standard InChI is InChI=1S/C15H28N2O3/c18-11-10-15(8-4-1-5-9-15)12-16-14(19)17-20-13-6-2-3-7-13/h13,18H,1-12H2,(H2,16,17,19). The van der Waals surface area contributed by atoms with Crippen LogP contribution in [0, 0.1) is 5.41 Å². The van der Waals surface area contributed by atoms with E-state index in [1.54, 1.807) is 0 Å². The maximum Gasteiger partial charge on any atom is 0.338 e. The molecular formula is C15H28N2O3. The molecule has 116 valence electrons. The van der Waals surface area contributed by atoms with Gasteiger partial charge >= 0.3 is 6.03 Å². The average Bonchev–Trinajstić information content (AvgIpc) is 2.98. The molecule has 0 aliphatic heterocycles. The zero-order valence-electron chi connectivity index (χ0n) is 12.3. The molecule has 2 fully saturated rings. The number of hydroxylamine groups is 1. The first kappa shape index (κ1) is 15.6. The molecule has 0 aromatic heterocycles. The molecule has 2 saturated carbocycles. The summed E-state index contributed by atoms with van der Waals surface area (Å²) in [6.07, 6.45) is 11.3. The number of rotatable bonds is 6. The number of amides is 2. The second kappa shape index (κ2) is 7.84. The largest absolute Gasteiger partial charge is 0.396 e. The Balaban J connectivity index is 1.69. The summed E-state index contributed by atoms with van der Waals surface area (Å²) in [6.45, 7) is 0.829. The normalized spacial score (nSPS) is 22.6. The van der Waals surface area contributed by atoms with Crippen molar-refractivity contribution in [2.75, 3.05) is 13.2 Å². The highest BCUT2D eigenvalue weighted by Crippen LogP contribution is 2.38. The lowest BCUT2D eigenvalue weighted by Crippen LogP contribution is -2.44. The molecule has 3 N–H and O–H groups in total. The van der Waals surface area contributed by atoms with Crippen molar-refractivity contribution >= 4 is 6.03 Å². The van der Waals surface area contributed by atoms with Crippen LogP contribution >= 0.6 is 0 Å². The van der Waals surface area contributed by atoms with Crippen molar-refractivity contribution in [2.45, 2.75) is 70.3 Å². The molecular weight excluding hydrogens is 256 g/mol. The summed E-state index contributed by atoms with van der Waals surface area (Å²) >= 11 is 0. The fourth-order valence-electron chi connectivity index (χ4n) is 3.50. The molecule has 2 aliphatic carbocycles. The zero-order valence-corrected chi connectivity index (χ0v) is 12.3. The molecule has 0 heterocycles. The fourth-order valence-corrected chi connectivity index (χ4v) is 3.50. The number of carbonyl (C=O) groups is 1. The number of carbonyl (C=O) groups excluding carboxylic acids is 1. The van der Waals surface area contributed by atoms with Gasteiger partial charge in [0.25, 0.3) is 0 Å². The van der Waals surface area contributed by atoms with Crippen molar-refractivity contribution in [3.63, 3.8) is 0 Å². The first-order valence-electron chi connectivity index (χ1n) is 8.04. The number of aliphatic hydroxyl groups excluding tert-OH is 1. The van der Waals surface area contributed by atoms with Crippen LogP contribution in [0.3, 0.4) is 0 Å². The third kappa shape index (κ3) is 4.63. The molecule has 5 heteroatoms. The Morgan fingerprint density at radius 3 is 2.50 bits per heavy atom. The molecule has 0 atom stereocenters. The van der Waals surface area contributed by atoms with Gasteiger partial charge in [0.05, 0.1) is 6.10 Å². The highest BCUT2D eigenvalue weighted by molar-refractivity contribution is 5.72. The Morgan fingerprint density at radius 1 is 1.15 bits per heavy atom. The number of urea groups is 1. The molecule has 0 spiro atoms. The van der Waals surface area contributed by atoms with Crippen molar-refractivity contribution in [1.29, 1.82) is 0 Å². The predicted octanol–water partition coefficient (Wildman–Crippen LogP) is 2.49. The predicted molar refractivity (Wildman–Crippen MR) is 77.1 cm³/mol. The van der Waals surface area contributed by atoms with Gasteiger partial charge in [-0.3, -0.25) is 4.84 Å². The Morgan fingerprint density at radius 2 is 1.85 bits per heavy atom. The molecule has 0 radical (unpaired) electrons. The Labute approximate surface area is 121 Å². The van der Waals surface area contributed by atoms with Gasteiger partial charge in [-0.05, 0) is 37.5 Å². The smallest absolute Gasteiger partial charge is 0.338 e. The maximum atomic E-state index is 11.8. The Kier molecular flexibility index (Phi) is 6.10. The van der Waals surface area contributed by atoms with Crippen LogP contribution in [0.25, 0.3) is 0 Å². The van der Waals surface area contributed by atoms with Gasteiger partial charge in [0.2, 0.25) is 0 Å². The van der Waals surface area contributed by atoms with Crippen LogP contribution < -0.4 is 10.8 Å². The van der Waals surface area contributed by atoms with E-state index in [0.29, 0.717) is 6.54 Å². The maximum absolute atomic E-state index is 11.8. The van der Waals surface area contributed by atoms with E-state index in [2.05, 4.69) is 10.8 Å². The van der Waals surface area contributed by atoms with Crippen molar-refractivity contribution < 1.29 is 14.7 Å². The Hall–Kier alpha value is -0.810. The van der Waals surface area contributed by atoms with E-state index in [9.17, 15) is 9.90 Å². The summed E-state index contributed by atoms with van der Waals surface area (Å²) < 4.78 is 0. The second-order valence-corrected chi connectivity index (χ2v) is 6.34. The fraction of sp³-hybridized carbons (Fsp3) is 0.933. The van der Waals surface area contributed by atoms with Gasteiger partial charge in [-0.1, -0.05) is 32.1 Å². The van der Waals surface area contributed by atoms with E-state index in [-0.39, 0.29) is 24.2 Å². The summed E-state index contributed by atoms with van der Waals surface area (Å²) in [6, 6.07) is -0.250. The van der Waals surface area contributed by atoms with E-state index in [0.717, 1.165) is 32.1 Å². The first-order valence-corrected chi connectivity index (χ1v) is 8.04. The van der Waals surface area contributed by atoms with Gasteiger partial charge in [-0.25, -0.2) is 10.3 Å². The van der Waals surface area contributed by atoms with Crippen LogP contribution in [0.4, 0.5) is 4.79 Å². The molecule has 0 saturated heterocycles. The molecule has 0 unspecified atom stereocenters.